The summed E-state index contributed by atoms with van der Waals surface area (Å²) in [4.78, 5) is 11.8. The zero-order valence-corrected chi connectivity index (χ0v) is 16.6. The molecule has 0 saturated carbocycles. The van der Waals surface area contributed by atoms with Crippen molar-refractivity contribution in [3.63, 3.8) is 0 Å². The fraction of sp³-hybridized carbons (Fsp3) is 0.421. The SMILES string of the molecule is CCCCCOc1ccc(/C=N\Nc2cnn(C)c(=O)c2Cl)cc1OCC. The number of hydrogen-bond donors (Lipinski definition) is 1. The topological polar surface area (TPSA) is 77.7 Å². The molecule has 2 aromatic rings. The van der Waals surface area contributed by atoms with Gasteiger partial charge in [0.1, 0.15) is 10.7 Å². The van der Waals surface area contributed by atoms with Crippen molar-refractivity contribution in [2.45, 2.75) is 33.1 Å². The van der Waals surface area contributed by atoms with Crippen molar-refractivity contribution in [1.82, 2.24) is 9.78 Å². The number of hydrazone groups is 1. The van der Waals surface area contributed by atoms with Crippen molar-refractivity contribution < 1.29 is 9.47 Å². The van der Waals surface area contributed by atoms with E-state index in [9.17, 15) is 4.79 Å². The summed E-state index contributed by atoms with van der Waals surface area (Å²) in [6, 6.07) is 5.60. The maximum absolute atomic E-state index is 11.8. The Hall–Kier alpha value is -2.54. The molecule has 146 valence electrons. The van der Waals surface area contributed by atoms with Gasteiger partial charge >= 0.3 is 0 Å². The molecule has 27 heavy (non-hydrogen) atoms. The van der Waals surface area contributed by atoms with Crippen LogP contribution in [0.2, 0.25) is 5.02 Å². The number of ether oxygens (including phenoxy) is 2. The Morgan fingerprint density at radius 1 is 1.26 bits per heavy atom. The van der Waals surface area contributed by atoms with Gasteiger partial charge in [-0.15, -0.1) is 0 Å². The zero-order chi connectivity index (χ0) is 19.6. The van der Waals surface area contributed by atoms with Crippen molar-refractivity contribution in [2.75, 3.05) is 18.6 Å². The molecular weight excluding hydrogens is 368 g/mol. The number of anilines is 1. The van der Waals surface area contributed by atoms with Crippen LogP contribution in [0.5, 0.6) is 11.5 Å². The van der Waals surface area contributed by atoms with Gasteiger partial charge in [-0.3, -0.25) is 10.2 Å². The van der Waals surface area contributed by atoms with Crippen LogP contribution in [0, 0.1) is 0 Å². The van der Waals surface area contributed by atoms with Crippen LogP contribution in [0.4, 0.5) is 5.69 Å². The van der Waals surface area contributed by atoms with Crippen molar-refractivity contribution in [1.29, 1.82) is 0 Å². The van der Waals surface area contributed by atoms with Crippen LogP contribution in [-0.2, 0) is 7.05 Å². The lowest BCUT2D eigenvalue weighted by molar-refractivity contribution is 0.271. The fourth-order valence-corrected chi connectivity index (χ4v) is 2.51. The molecule has 0 aliphatic rings. The average Bonchev–Trinajstić information content (AvgIpc) is 2.67. The molecule has 1 aromatic carbocycles. The van der Waals surface area contributed by atoms with Gasteiger partial charge in [0.15, 0.2) is 11.5 Å². The Kier molecular flexibility index (Phi) is 8.13. The number of nitrogens with one attached hydrogen (secondary N) is 1. The van der Waals surface area contributed by atoms with E-state index in [4.69, 9.17) is 21.1 Å². The van der Waals surface area contributed by atoms with Crippen molar-refractivity contribution >= 4 is 23.5 Å². The molecule has 8 heteroatoms. The highest BCUT2D eigenvalue weighted by atomic mass is 35.5. The van der Waals surface area contributed by atoms with Crippen molar-refractivity contribution in [3.05, 3.63) is 45.3 Å². The second-order valence-corrected chi connectivity index (χ2v) is 6.24. The maximum atomic E-state index is 11.8. The van der Waals surface area contributed by atoms with Gasteiger partial charge in [-0.2, -0.15) is 10.2 Å². The third-order valence-corrected chi connectivity index (χ3v) is 4.12. The Bertz CT molecular complexity index is 836. The summed E-state index contributed by atoms with van der Waals surface area (Å²) in [6.45, 7) is 5.29. The minimum absolute atomic E-state index is 0.0375. The first kappa shape index (κ1) is 20.8. The number of aromatic nitrogens is 2. The predicted octanol–water partition coefficient (Wildman–Crippen LogP) is 3.85. The molecule has 0 bridgehead atoms. The average molecular weight is 393 g/mol. The first-order valence-corrected chi connectivity index (χ1v) is 9.35. The molecule has 0 saturated heterocycles. The number of hydrogen-bond acceptors (Lipinski definition) is 6. The molecule has 0 radical (unpaired) electrons. The second kappa shape index (κ2) is 10.6. The van der Waals surface area contributed by atoms with Gasteiger partial charge in [-0.1, -0.05) is 31.4 Å². The van der Waals surface area contributed by atoms with Gasteiger partial charge in [0.2, 0.25) is 0 Å². The van der Waals surface area contributed by atoms with Gasteiger partial charge in [0.25, 0.3) is 5.56 Å². The molecule has 1 heterocycles. The molecule has 0 fully saturated rings. The van der Waals surface area contributed by atoms with E-state index in [-0.39, 0.29) is 10.6 Å². The Balaban J connectivity index is 2.07. The number of rotatable bonds is 10. The summed E-state index contributed by atoms with van der Waals surface area (Å²) in [7, 11) is 1.53. The van der Waals surface area contributed by atoms with Crippen LogP contribution in [0.1, 0.15) is 38.7 Å². The third-order valence-electron chi connectivity index (χ3n) is 3.75. The van der Waals surface area contributed by atoms with Crippen LogP contribution < -0.4 is 20.5 Å². The Morgan fingerprint density at radius 3 is 2.81 bits per heavy atom. The monoisotopic (exact) mass is 392 g/mol. The second-order valence-electron chi connectivity index (χ2n) is 5.87. The molecule has 1 aromatic heterocycles. The summed E-state index contributed by atoms with van der Waals surface area (Å²) < 4.78 is 12.6. The lowest BCUT2D eigenvalue weighted by atomic mass is 10.2. The summed E-state index contributed by atoms with van der Waals surface area (Å²) in [5.74, 6) is 1.39. The molecule has 1 N–H and O–H groups in total. The normalized spacial score (nSPS) is 11.0. The standard InChI is InChI=1S/C19H25ClN4O3/c1-4-6-7-10-27-16-9-8-14(11-17(16)26-5-2)12-21-23-15-13-22-24(3)19(25)18(15)20/h8-9,11-13,23H,4-7,10H2,1-3H3/b21-12-. The quantitative estimate of drug-likeness (QED) is 0.377. The van der Waals surface area contributed by atoms with E-state index in [1.54, 1.807) is 6.21 Å². The van der Waals surface area contributed by atoms with E-state index in [0.717, 1.165) is 35.3 Å². The molecule has 0 aliphatic heterocycles. The maximum Gasteiger partial charge on any atom is 0.287 e. The van der Waals surface area contributed by atoms with Crippen LogP contribution in [0.3, 0.4) is 0 Å². The van der Waals surface area contributed by atoms with Gasteiger partial charge in [-0.05, 0) is 37.1 Å². The first-order chi connectivity index (χ1) is 13.1. The number of halogens is 1. The highest BCUT2D eigenvalue weighted by molar-refractivity contribution is 6.32. The molecule has 7 nitrogen and oxygen atoms in total. The lowest BCUT2D eigenvalue weighted by Gasteiger charge is -2.12. The van der Waals surface area contributed by atoms with Crippen LogP contribution in [0.15, 0.2) is 34.3 Å². The zero-order valence-electron chi connectivity index (χ0n) is 15.9. The van der Waals surface area contributed by atoms with E-state index >= 15 is 0 Å². The van der Waals surface area contributed by atoms with E-state index in [2.05, 4.69) is 22.5 Å². The minimum atomic E-state index is -0.389. The van der Waals surface area contributed by atoms with Crippen LogP contribution in [-0.4, -0.2) is 29.2 Å². The smallest absolute Gasteiger partial charge is 0.287 e. The summed E-state index contributed by atoms with van der Waals surface area (Å²) >= 11 is 5.99. The molecule has 2 rings (SSSR count). The molecule has 0 spiro atoms. The van der Waals surface area contributed by atoms with Gasteiger partial charge in [0.05, 0.1) is 25.6 Å². The number of aryl methyl sites for hydroxylation is 1. The van der Waals surface area contributed by atoms with Crippen molar-refractivity contribution in [3.8, 4) is 11.5 Å². The number of nitrogens with zero attached hydrogens (tertiary/aromatic N) is 3. The number of benzene rings is 1. The minimum Gasteiger partial charge on any atom is -0.490 e. The highest BCUT2D eigenvalue weighted by Crippen LogP contribution is 2.28. The summed E-state index contributed by atoms with van der Waals surface area (Å²) in [6.07, 6.45) is 6.36. The molecular formula is C19H25ClN4O3. The number of unbranched alkanes of at least 4 members (excludes halogenated alkanes) is 2. The molecule has 0 aliphatic carbocycles. The highest BCUT2D eigenvalue weighted by Gasteiger charge is 2.07. The van der Waals surface area contributed by atoms with E-state index in [1.807, 2.05) is 25.1 Å². The van der Waals surface area contributed by atoms with Gasteiger partial charge < -0.3 is 9.47 Å². The largest absolute Gasteiger partial charge is 0.490 e. The summed E-state index contributed by atoms with van der Waals surface area (Å²) in [5, 5.41) is 8.06. The van der Waals surface area contributed by atoms with E-state index in [1.165, 1.54) is 13.2 Å². The van der Waals surface area contributed by atoms with Gasteiger partial charge in [0, 0.05) is 7.05 Å². The molecule has 0 atom stereocenters. The molecule has 0 amide bonds. The van der Waals surface area contributed by atoms with Crippen molar-refractivity contribution in [2.24, 2.45) is 12.1 Å². The van der Waals surface area contributed by atoms with Crippen LogP contribution in [0.25, 0.3) is 0 Å². The van der Waals surface area contributed by atoms with E-state index < -0.39 is 0 Å². The third kappa shape index (κ3) is 5.99. The van der Waals surface area contributed by atoms with E-state index in [0.29, 0.717) is 24.7 Å². The lowest BCUT2D eigenvalue weighted by Crippen LogP contribution is -2.20. The fourth-order valence-electron chi connectivity index (χ4n) is 2.29. The Morgan fingerprint density at radius 2 is 2.07 bits per heavy atom. The predicted molar refractivity (Wildman–Crippen MR) is 108 cm³/mol. The van der Waals surface area contributed by atoms with Crippen LogP contribution >= 0.6 is 11.6 Å². The molecule has 0 unspecified atom stereocenters. The summed E-state index contributed by atoms with van der Waals surface area (Å²) in [5.41, 5.74) is 3.51. The van der Waals surface area contributed by atoms with Gasteiger partial charge in [-0.25, -0.2) is 4.68 Å². The Labute approximate surface area is 163 Å². The first-order valence-electron chi connectivity index (χ1n) is 8.97.